The molecule has 0 bridgehead atoms. The van der Waals surface area contributed by atoms with Crippen molar-refractivity contribution in [2.75, 3.05) is 0 Å². The van der Waals surface area contributed by atoms with E-state index in [1.54, 1.807) is 6.92 Å². The molecule has 0 fully saturated rings. The van der Waals surface area contributed by atoms with Crippen LogP contribution in [0, 0.1) is 6.57 Å². The van der Waals surface area contributed by atoms with Crippen molar-refractivity contribution in [3.05, 3.63) is 48.2 Å². The van der Waals surface area contributed by atoms with Crippen LogP contribution < -0.4 is 16.9 Å². The molecule has 0 aliphatic heterocycles. The summed E-state index contributed by atoms with van der Waals surface area (Å²) in [7, 11) is 0. The number of aromatic nitrogens is 2. The fourth-order valence-corrected chi connectivity index (χ4v) is 1.66. The first-order chi connectivity index (χ1) is 8.08. The lowest BCUT2D eigenvalue weighted by Crippen LogP contribution is -2.24. The Balaban J connectivity index is 3.18. The minimum atomic E-state index is -0.856. The second-order valence-electron chi connectivity index (χ2n) is 3.29. The van der Waals surface area contributed by atoms with Crippen LogP contribution in [-0.2, 0) is 6.42 Å². The number of hydrogen-bond acceptors (Lipinski definition) is 4. The Morgan fingerprint density at radius 3 is 2.59 bits per heavy atom. The normalized spacial score (nSPS) is 10.4. The van der Waals surface area contributed by atoms with Gasteiger partial charge in [-0.1, -0.05) is 6.92 Å². The van der Waals surface area contributed by atoms with Crippen molar-refractivity contribution in [1.29, 1.82) is 0 Å². The summed E-state index contributed by atoms with van der Waals surface area (Å²) < 4.78 is 4.74. The van der Waals surface area contributed by atoms with Gasteiger partial charge in [-0.25, -0.2) is 9.64 Å². The lowest BCUT2D eigenvalue weighted by atomic mass is 10.1. The molecule has 17 heavy (non-hydrogen) atoms. The minimum Gasteiger partial charge on any atom is -0.413 e. The van der Waals surface area contributed by atoms with Gasteiger partial charge in [0.05, 0.1) is 12.0 Å². The lowest BCUT2D eigenvalue weighted by molar-refractivity contribution is 0.548. The third kappa shape index (κ3) is 1.56. The van der Waals surface area contributed by atoms with Crippen LogP contribution in [0.2, 0.25) is 0 Å². The quantitative estimate of drug-likeness (QED) is 0.691. The molecular weight excluding hydrogens is 226 g/mol. The summed E-state index contributed by atoms with van der Waals surface area (Å²) in [6.45, 7) is 8.60. The Morgan fingerprint density at radius 2 is 2.00 bits per heavy atom. The molecule has 0 aliphatic rings. The van der Waals surface area contributed by atoms with Crippen LogP contribution in [0.1, 0.15) is 12.5 Å². The van der Waals surface area contributed by atoms with Gasteiger partial charge in [0.1, 0.15) is 0 Å². The van der Waals surface area contributed by atoms with E-state index in [0.717, 1.165) is 0 Å². The number of rotatable bonds is 1. The highest BCUT2D eigenvalue weighted by Crippen LogP contribution is 2.20. The molecule has 0 aromatic carbocycles. The van der Waals surface area contributed by atoms with Crippen molar-refractivity contribution < 1.29 is 4.42 Å². The smallest absolute Gasteiger partial charge is 0.343 e. The van der Waals surface area contributed by atoms with Crippen LogP contribution in [0.15, 0.2) is 18.8 Å². The first-order valence-electron chi connectivity index (χ1n) is 4.78. The van der Waals surface area contributed by atoms with Gasteiger partial charge in [0.25, 0.3) is 11.2 Å². The maximum atomic E-state index is 11.6. The number of hydrogen-bond donors (Lipinski definition) is 2. The van der Waals surface area contributed by atoms with Crippen molar-refractivity contribution in [1.82, 2.24) is 9.97 Å². The van der Waals surface area contributed by atoms with E-state index in [0.29, 0.717) is 6.42 Å². The van der Waals surface area contributed by atoms with E-state index >= 15 is 0 Å². The molecule has 7 heteroatoms. The van der Waals surface area contributed by atoms with E-state index in [2.05, 4.69) is 9.83 Å². The van der Waals surface area contributed by atoms with Crippen molar-refractivity contribution in [2.24, 2.45) is 0 Å². The van der Waals surface area contributed by atoms with Gasteiger partial charge in [0.2, 0.25) is 5.71 Å². The van der Waals surface area contributed by atoms with Crippen LogP contribution in [0.4, 0.5) is 5.69 Å². The molecule has 7 nitrogen and oxygen atoms in total. The van der Waals surface area contributed by atoms with Crippen LogP contribution >= 0.6 is 0 Å². The maximum absolute atomic E-state index is 11.6. The molecule has 0 unspecified atom stereocenters. The maximum Gasteiger partial charge on any atom is 0.343 e. The number of fused-ring (bicyclic) bond motifs is 1. The zero-order valence-corrected chi connectivity index (χ0v) is 8.79. The van der Waals surface area contributed by atoms with Gasteiger partial charge in [-0.05, 0) is 12.0 Å². The van der Waals surface area contributed by atoms with Crippen molar-refractivity contribution >= 4 is 16.8 Å². The number of H-pyrrole nitrogens is 2. The van der Waals surface area contributed by atoms with Crippen molar-refractivity contribution in [3.63, 3.8) is 0 Å². The molecule has 0 aliphatic carbocycles. The molecular formula is C10H7N3O4. The molecule has 0 saturated carbocycles. The van der Waals surface area contributed by atoms with Gasteiger partial charge < -0.3 is 4.42 Å². The third-order valence-electron chi connectivity index (χ3n) is 2.35. The second kappa shape index (κ2) is 3.75. The van der Waals surface area contributed by atoms with Crippen molar-refractivity contribution in [3.8, 4) is 0 Å². The van der Waals surface area contributed by atoms with Crippen LogP contribution in [0.3, 0.4) is 0 Å². The monoisotopic (exact) mass is 233 g/mol. The van der Waals surface area contributed by atoms with E-state index in [4.69, 9.17) is 11.0 Å². The lowest BCUT2D eigenvalue weighted by Gasteiger charge is -2.02. The molecule has 2 aromatic rings. The standard InChI is InChI=1S/C10H7N3O4/c1-3-4-5-7(14)12-10(16)13-8(5)17-9(15)6(4)11-2/h3H2,1H3,(H2,12,13,14,16). The zero-order chi connectivity index (χ0) is 12.6. The van der Waals surface area contributed by atoms with Gasteiger partial charge in [-0.2, -0.15) is 0 Å². The van der Waals surface area contributed by atoms with Gasteiger partial charge in [0, 0.05) is 0 Å². The number of aromatic amines is 2. The molecule has 0 saturated heterocycles. The summed E-state index contributed by atoms with van der Waals surface area (Å²) in [5.41, 5.74) is -2.43. The van der Waals surface area contributed by atoms with E-state index in [-0.39, 0.29) is 22.4 Å². The molecule has 2 heterocycles. The summed E-state index contributed by atoms with van der Waals surface area (Å²) in [6, 6.07) is 0. The molecule has 0 amide bonds. The predicted molar refractivity (Wildman–Crippen MR) is 59.4 cm³/mol. The Labute approximate surface area is 93.5 Å². The highest BCUT2D eigenvalue weighted by Gasteiger charge is 2.16. The Morgan fingerprint density at radius 1 is 1.29 bits per heavy atom. The van der Waals surface area contributed by atoms with E-state index < -0.39 is 16.9 Å². The van der Waals surface area contributed by atoms with E-state index in [9.17, 15) is 14.4 Å². The van der Waals surface area contributed by atoms with Gasteiger partial charge in [0.15, 0.2) is 0 Å². The summed E-state index contributed by atoms with van der Waals surface area (Å²) in [5.74, 6) is 0. The fourth-order valence-electron chi connectivity index (χ4n) is 1.66. The molecule has 2 aromatic heterocycles. The second-order valence-corrected chi connectivity index (χ2v) is 3.29. The topological polar surface area (TPSA) is 100 Å². The predicted octanol–water partition coefficient (Wildman–Crippen LogP) is 0.283. The van der Waals surface area contributed by atoms with Crippen LogP contribution in [0.25, 0.3) is 15.9 Å². The molecule has 2 N–H and O–H groups in total. The average Bonchev–Trinajstić information content (AvgIpc) is 2.26. The number of nitrogens with zero attached hydrogens (tertiary/aromatic N) is 1. The largest absolute Gasteiger partial charge is 0.413 e. The first kappa shape index (κ1) is 10.9. The zero-order valence-electron chi connectivity index (χ0n) is 8.79. The first-order valence-corrected chi connectivity index (χ1v) is 4.78. The number of aryl methyl sites for hydroxylation is 1. The summed E-state index contributed by atoms with van der Waals surface area (Å²) >= 11 is 0. The van der Waals surface area contributed by atoms with Crippen LogP contribution in [-0.4, -0.2) is 9.97 Å². The molecule has 0 spiro atoms. The fraction of sp³-hybridized carbons (Fsp3) is 0.200. The van der Waals surface area contributed by atoms with Crippen molar-refractivity contribution in [2.45, 2.75) is 13.3 Å². The summed E-state index contributed by atoms with van der Waals surface area (Å²) in [4.78, 5) is 41.4. The minimum absolute atomic E-state index is 0.0395. The van der Waals surface area contributed by atoms with Crippen LogP contribution in [0.5, 0.6) is 0 Å². The Hall–Kier alpha value is -2.62. The summed E-state index contributed by atoms with van der Waals surface area (Å²) in [5, 5.41) is 0.0395. The summed E-state index contributed by atoms with van der Waals surface area (Å²) in [6.07, 6.45) is 0.314. The van der Waals surface area contributed by atoms with E-state index in [1.165, 1.54) is 0 Å². The highest BCUT2D eigenvalue weighted by molar-refractivity contribution is 5.81. The molecule has 0 atom stereocenters. The molecule has 2 rings (SSSR count). The van der Waals surface area contributed by atoms with Gasteiger partial charge in [-0.15, -0.1) is 0 Å². The number of nitrogens with one attached hydrogen (secondary N) is 2. The molecule has 0 radical (unpaired) electrons. The SMILES string of the molecule is [C-]#[N+]c1c(CC)c2c(=O)[nH]c(=O)[nH]c2oc1=O. The van der Waals surface area contributed by atoms with Gasteiger partial charge in [-0.3, -0.25) is 19.6 Å². The Bertz CT molecular complexity index is 803. The van der Waals surface area contributed by atoms with E-state index in [1.807, 2.05) is 4.98 Å². The average molecular weight is 233 g/mol. The molecule has 86 valence electrons. The Kier molecular flexibility index (Phi) is 2.40. The third-order valence-corrected chi connectivity index (χ3v) is 2.35. The highest BCUT2D eigenvalue weighted by atomic mass is 16.4. The van der Waals surface area contributed by atoms with Gasteiger partial charge >= 0.3 is 11.3 Å².